The van der Waals surface area contributed by atoms with Crippen molar-refractivity contribution in [1.82, 2.24) is 37.2 Å². The molecule has 9 heteroatoms. The van der Waals surface area contributed by atoms with Crippen LogP contribution in [-0.4, -0.2) is 95.1 Å². The van der Waals surface area contributed by atoms with Gasteiger partial charge in [-0.15, -0.1) is 0 Å². The first-order valence-corrected chi connectivity index (χ1v) is 13.3. The van der Waals surface area contributed by atoms with Gasteiger partial charge in [-0.3, -0.25) is 4.79 Å². The molecule has 35 heavy (non-hydrogen) atoms. The number of phenolic OH excluding ortho intramolecular Hbond substituents is 1. The Balaban J connectivity index is 1.72. The van der Waals surface area contributed by atoms with Crippen LogP contribution in [0.4, 0.5) is 0 Å². The van der Waals surface area contributed by atoms with Gasteiger partial charge < -0.3 is 42.3 Å². The van der Waals surface area contributed by atoms with Gasteiger partial charge in [-0.1, -0.05) is 25.5 Å². The number of hydrogen-bond donors (Lipinski definition) is 8. The van der Waals surface area contributed by atoms with Gasteiger partial charge in [-0.05, 0) is 30.5 Å². The SMILES string of the molecule is CCCC12CNCCNCC(NC(=O)Cc3ccc(C)c(O)c3)(CNCCNC1)CNCCNC2. The molecule has 0 aliphatic carbocycles. The summed E-state index contributed by atoms with van der Waals surface area (Å²) in [6.45, 7) is 14.3. The Labute approximate surface area is 211 Å². The summed E-state index contributed by atoms with van der Waals surface area (Å²) in [6.07, 6.45) is 2.59. The van der Waals surface area contributed by atoms with Crippen molar-refractivity contribution in [3.05, 3.63) is 29.3 Å². The minimum absolute atomic E-state index is 0.0420. The van der Waals surface area contributed by atoms with E-state index in [2.05, 4.69) is 44.1 Å². The highest BCUT2D eigenvalue weighted by Crippen LogP contribution is 2.22. The Morgan fingerprint density at radius 3 is 1.80 bits per heavy atom. The predicted octanol–water partition coefficient (Wildman–Crippen LogP) is -0.551. The molecule has 0 radical (unpaired) electrons. The summed E-state index contributed by atoms with van der Waals surface area (Å²) in [5.41, 5.74) is 1.35. The first-order chi connectivity index (χ1) is 17.0. The standard InChI is InChI=1S/C26H47N7O2/c1-3-6-25-15-27-7-10-30-18-26(19-31-11-8-28-16-25,20-32-12-9-29-17-25)33-24(35)14-22-5-4-21(2)23(34)13-22/h4-5,13,27-32,34H,3,6-12,14-20H2,1-2H3,(H,33,35). The number of fused-ring (bicyclic) bond motifs is 15. The molecule has 3 aliphatic rings. The molecule has 1 aromatic carbocycles. The summed E-state index contributed by atoms with van der Waals surface area (Å²) in [7, 11) is 0. The van der Waals surface area contributed by atoms with E-state index in [1.165, 1.54) is 12.8 Å². The van der Waals surface area contributed by atoms with Crippen molar-refractivity contribution in [3.8, 4) is 5.75 Å². The van der Waals surface area contributed by atoms with Crippen LogP contribution in [0.25, 0.3) is 0 Å². The minimum atomic E-state index is -0.468. The zero-order chi connectivity index (χ0) is 25.0. The molecule has 3 aliphatic heterocycles. The fourth-order valence-electron chi connectivity index (χ4n) is 5.17. The fraction of sp³-hybridized carbons (Fsp3) is 0.731. The second-order valence-electron chi connectivity index (χ2n) is 10.4. The Morgan fingerprint density at radius 2 is 1.34 bits per heavy atom. The average molecular weight is 490 g/mol. The summed E-state index contributed by atoms with van der Waals surface area (Å²) in [5, 5.41) is 35.2. The second kappa shape index (κ2) is 14.1. The van der Waals surface area contributed by atoms with E-state index in [0.29, 0.717) is 19.6 Å². The summed E-state index contributed by atoms with van der Waals surface area (Å²) >= 11 is 0. The van der Waals surface area contributed by atoms with Crippen LogP contribution < -0.4 is 37.2 Å². The Hall–Kier alpha value is -1.75. The van der Waals surface area contributed by atoms with Gasteiger partial charge in [0.15, 0.2) is 0 Å². The van der Waals surface area contributed by atoms with Gasteiger partial charge in [0, 0.05) is 84.0 Å². The number of amides is 1. The predicted molar refractivity (Wildman–Crippen MR) is 142 cm³/mol. The van der Waals surface area contributed by atoms with E-state index in [4.69, 9.17) is 0 Å². The number of hydrogen-bond acceptors (Lipinski definition) is 8. The molecule has 0 aromatic heterocycles. The number of carbonyl (C=O) groups excluding carboxylic acids is 1. The quantitative estimate of drug-likeness (QED) is 0.277. The van der Waals surface area contributed by atoms with Crippen LogP contribution in [0.5, 0.6) is 5.75 Å². The van der Waals surface area contributed by atoms with Crippen LogP contribution in [0.15, 0.2) is 18.2 Å². The first-order valence-electron chi connectivity index (χ1n) is 13.3. The largest absolute Gasteiger partial charge is 0.508 e. The number of aromatic hydroxyl groups is 1. The van der Waals surface area contributed by atoms with Gasteiger partial charge in [0.05, 0.1) is 12.0 Å². The molecule has 3 fully saturated rings. The molecule has 0 atom stereocenters. The van der Waals surface area contributed by atoms with Crippen molar-refractivity contribution in [3.63, 3.8) is 0 Å². The maximum absolute atomic E-state index is 13.1. The molecular formula is C26H47N7O2. The molecule has 2 bridgehead atoms. The first kappa shape index (κ1) is 27.8. The molecule has 1 amide bonds. The number of benzene rings is 1. The van der Waals surface area contributed by atoms with Crippen molar-refractivity contribution in [2.24, 2.45) is 5.41 Å². The van der Waals surface area contributed by atoms with Crippen LogP contribution in [0.3, 0.4) is 0 Å². The van der Waals surface area contributed by atoms with Crippen molar-refractivity contribution in [2.45, 2.75) is 38.6 Å². The topological polar surface area (TPSA) is 122 Å². The molecule has 0 spiro atoms. The van der Waals surface area contributed by atoms with E-state index >= 15 is 0 Å². The number of rotatable bonds is 5. The van der Waals surface area contributed by atoms with Crippen LogP contribution in [0.1, 0.15) is 30.9 Å². The van der Waals surface area contributed by atoms with E-state index in [1.807, 2.05) is 19.1 Å². The van der Waals surface area contributed by atoms with Gasteiger partial charge in [0.2, 0.25) is 5.91 Å². The lowest BCUT2D eigenvalue weighted by Crippen LogP contribution is -2.66. The molecule has 1 aromatic rings. The van der Waals surface area contributed by atoms with Crippen molar-refractivity contribution < 1.29 is 9.90 Å². The maximum Gasteiger partial charge on any atom is 0.224 e. The van der Waals surface area contributed by atoms with E-state index in [9.17, 15) is 9.90 Å². The van der Waals surface area contributed by atoms with Gasteiger partial charge >= 0.3 is 0 Å². The number of phenols is 1. The highest BCUT2D eigenvalue weighted by Gasteiger charge is 2.32. The van der Waals surface area contributed by atoms with Gasteiger partial charge in [0.1, 0.15) is 5.75 Å². The number of carbonyl (C=O) groups is 1. The molecule has 8 N–H and O–H groups in total. The molecule has 9 nitrogen and oxygen atoms in total. The zero-order valence-electron chi connectivity index (χ0n) is 21.7. The lowest BCUT2D eigenvalue weighted by molar-refractivity contribution is -0.122. The van der Waals surface area contributed by atoms with Crippen molar-refractivity contribution in [2.75, 3.05) is 78.5 Å². The third-order valence-electron chi connectivity index (χ3n) is 7.15. The summed E-state index contributed by atoms with van der Waals surface area (Å²) < 4.78 is 0. The molecule has 3 heterocycles. The van der Waals surface area contributed by atoms with E-state index in [1.54, 1.807) is 6.07 Å². The van der Waals surface area contributed by atoms with Gasteiger partial charge in [-0.2, -0.15) is 0 Å². The Morgan fingerprint density at radius 1 is 0.857 bits per heavy atom. The molecule has 0 unspecified atom stereocenters. The number of nitrogens with one attached hydrogen (secondary N) is 7. The second-order valence-corrected chi connectivity index (χ2v) is 10.4. The highest BCUT2D eigenvalue weighted by molar-refractivity contribution is 5.79. The summed E-state index contributed by atoms with van der Waals surface area (Å²) in [5.74, 6) is 0.185. The Kier molecular flexibility index (Phi) is 11.2. The molecule has 4 rings (SSSR count). The summed E-state index contributed by atoms with van der Waals surface area (Å²) in [6, 6.07) is 5.44. The molecule has 0 saturated carbocycles. The van der Waals surface area contributed by atoms with E-state index < -0.39 is 5.54 Å². The van der Waals surface area contributed by atoms with Crippen LogP contribution in [-0.2, 0) is 11.2 Å². The van der Waals surface area contributed by atoms with Gasteiger partial charge in [0.25, 0.3) is 0 Å². The third-order valence-corrected chi connectivity index (χ3v) is 7.15. The maximum atomic E-state index is 13.1. The van der Waals surface area contributed by atoms with Crippen LogP contribution in [0.2, 0.25) is 0 Å². The van der Waals surface area contributed by atoms with Crippen LogP contribution >= 0.6 is 0 Å². The number of aryl methyl sites for hydroxylation is 1. The molecular weight excluding hydrogens is 442 g/mol. The van der Waals surface area contributed by atoms with Crippen molar-refractivity contribution in [1.29, 1.82) is 0 Å². The lowest BCUT2D eigenvalue weighted by Gasteiger charge is -2.38. The van der Waals surface area contributed by atoms with E-state index in [0.717, 1.165) is 70.0 Å². The van der Waals surface area contributed by atoms with Gasteiger partial charge in [-0.25, -0.2) is 0 Å². The normalized spacial score (nSPS) is 27.6. The summed E-state index contributed by atoms with van der Waals surface area (Å²) in [4.78, 5) is 13.1. The minimum Gasteiger partial charge on any atom is -0.508 e. The Bertz CT molecular complexity index is 745. The molecule has 3 saturated heterocycles. The smallest absolute Gasteiger partial charge is 0.224 e. The third kappa shape index (κ3) is 9.00. The van der Waals surface area contributed by atoms with E-state index in [-0.39, 0.29) is 23.5 Å². The lowest BCUT2D eigenvalue weighted by atomic mass is 9.82. The fourth-order valence-corrected chi connectivity index (χ4v) is 5.17. The monoisotopic (exact) mass is 489 g/mol. The average Bonchev–Trinajstić information content (AvgIpc) is 2.82. The van der Waals surface area contributed by atoms with Crippen molar-refractivity contribution >= 4 is 5.91 Å². The van der Waals surface area contributed by atoms with Crippen LogP contribution in [0, 0.1) is 12.3 Å². The molecule has 198 valence electrons. The highest BCUT2D eigenvalue weighted by atomic mass is 16.3. The zero-order valence-corrected chi connectivity index (χ0v) is 21.7.